The van der Waals surface area contributed by atoms with E-state index in [-0.39, 0.29) is 0 Å². The van der Waals surface area contributed by atoms with E-state index in [0.717, 1.165) is 41.9 Å². The van der Waals surface area contributed by atoms with Crippen molar-refractivity contribution in [2.24, 2.45) is 4.99 Å². The number of hydrogen-bond acceptors (Lipinski definition) is 5. The molecule has 0 saturated carbocycles. The molecule has 0 aliphatic carbocycles. The average molecular weight is 346 g/mol. The predicted molar refractivity (Wildman–Crippen MR) is 96.0 cm³/mol. The van der Waals surface area contributed by atoms with Crippen LogP contribution in [0.1, 0.15) is 22.4 Å². The molecule has 2 aromatic rings. The molecule has 0 saturated heterocycles. The number of rotatable bonds is 6. The summed E-state index contributed by atoms with van der Waals surface area (Å²) in [7, 11) is 1.77. The Morgan fingerprint density at radius 3 is 2.96 bits per heavy atom. The van der Waals surface area contributed by atoms with Crippen molar-refractivity contribution in [2.75, 3.05) is 20.4 Å². The number of aromatic nitrogens is 1. The maximum atomic E-state index is 5.40. The first-order valence-electron chi connectivity index (χ1n) is 8.05. The molecule has 0 atom stereocenters. The lowest BCUT2D eigenvalue weighted by molar-refractivity contribution is 0.174. The molecule has 1 aliphatic rings. The standard InChI is InChI=1S/C17H22N4O2S/c1-3-13-9-20-16(24-13)10-21-17(18-2)19-7-6-12-4-5-14-15(8-12)23-11-22-14/h4-5,8-9H,3,6-7,10-11H2,1-2H3,(H2,18,19,21). The van der Waals surface area contributed by atoms with Crippen molar-refractivity contribution in [3.8, 4) is 11.5 Å². The molecule has 0 bridgehead atoms. The van der Waals surface area contributed by atoms with Crippen LogP contribution in [0.5, 0.6) is 11.5 Å². The van der Waals surface area contributed by atoms with Gasteiger partial charge in [0.1, 0.15) is 5.01 Å². The van der Waals surface area contributed by atoms with Gasteiger partial charge >= 0.3 is 0 Å². The van der Waals surface area contributed by atoms with E-state index in [9.17, 15) is 0 Å². The second-order valence-electron chi connectivity index (χ2n) is 5.36. The van der Waals surface area contributed by atoms with Gasteiger partial charge in [-0.3, -0.25) is 4.99 Å². The molecule has 6 nitrogen and oxygen atoms in total. The number of guanidine groups is 1. The molecule has 2 heterocycles. The van der Waals surface area contributed by atoms with Crippen LogP contribution < -0.4 is 20.1 Å². The van der Waals surface area contributed by atoms with Crippen LogP contribution in [0.25, 0.3) is 0 Å². The Labute approximate surface area is 145 Å². The topological polar surface area (TPSA) is 67.8 Å². The predicted octanol–water partition coefficient (Wildman–Crippen LogP) is 2.34. The summed E-state index contributed by atoms with van der Waals surface area (Å²) < 4.78 is 10.7. The summed E-state index contributed by atoms with van der Waals surface area (Å²) in [6.07, 6.45) is 3.85. The second-order valence-corrected chi connectivity index (χ2v) is 6.56. The van der Waals surface area contributed by atoms with Crippen LogP contribution in [0.15, 0.2) is 29.4 Å². The van der Waals surface area contributed by atoms with Crippen LogP contribution in [-0.2, 0) is 19.4 Å². The number of ether oxygens (including phenoxy) is 2. The van der Waals surface area contributed by atoms with Gasteiger partial charge in [-0.05, 0) is 30.5 Å². The summed E-state index contributed by atoms with van der Waals surface area (Å²) in [5.41, 5.74) is 1.20. The Balaban J connectivity index is 1.44. The van der Waals surface area contributed by atoms with Crippen LogP contribution in [0.4, 0.5) is 0 Å². The van der Waals surface area contributed by atoms with Gasteiger partial charge in [-0.1, -0.05) is 13.0 Å². The number of thiazole rings is 1. The number of nitrogens with zero attached hydrogens (tertiary/aromatic N) is 2. The number of fused-ring (bicyclic) bond motifs is 1. The van der Waals surface area contributed by atoms with Crippen molar-refractivity contribution in [3.05, 3.63) is 39.8 Å². The lowest BCUT2D eigenvalue weighted by atomic mass is 10.1. The fourth-order valence-electron chi connectivity index (χ4n) is 2.39. The van der Waals surface area contributed by atoms with Gasteiger partial charge < -0.3 is 20.1 Å². The third-order valence-corrected chi connectivity index (χ3v) is 4.87. The fraction of sp³-hybridized carbons (Fsp3) is 0.412. The molecule has 7 heteroatoms. The molecule has 24 heavy (non-hydrogen) atoms. The Kier molecular flexibility index (Phi) is 5.53. The van der Waals surface area contributed by atoms with Gasteiger partial charge in [0.2, 0.25) is 6.79 Å². The Bertz CT molecular complexity index is 714. The van der Waals surface area contributed by atoms with Crippen LogP contribution >= 0.6 is 11.3 Å². The first-order chi connectivity index (χ1) is 11.8. The minimum Gasteiger partial charge on any atom is -0.454 e. The van der Waals surface area contributed by atoms with Crippen molar-refractivity contribution in [3.63, 3.8) is 0 Å². The summed E-state index contributed by atoms with van der Waals surface area (Å²) in [5, 5.41) is 7.69. The summed E-state index contributed by atoms with van der Waals surface area (Å²) >= 11 is 1.74. The monoisotopic (exact) mass is 346 g/mol. The van der Waals surface area contributed by atoms with Crippen molar-refractivity contribution < 1.29 is 9.47 Å². The SMILES string of the molecule is CCc1cnc(CNC(=NC)NCCc2ccc3c(c2)OCO3)s1. The van der Waals surface area contributed by atoms with Crippen LogP contribution in [0.2, 0.25) is 0 Å². The molecule has 0 amide bonds. The molecule has 0 fully saturated rings. The molecule has 1 aromatic carbocycles. The zero-order valence-electron chi connectivity index (χ0n) is 14.0. The summed E-state index contributed by atoms with van der Waals surface area (Å²) in [5.74, 6) is 2.42. The van der Waals surface area contributed by atoms with E-state index in [4.69, 9.17) is 9.47 Å². The van der Waals surface area contributed by atoms with Gasteiger partial charge in [0, 0.05) is 24.7 Å². The van der Waals surface area contributed by atoms with Crippen molar-refractivity contribution in [1.82, 2.24) is 15.6 Å². The largest absolute Gasteiger partial charge is 0.454 e. The Hall–Kier alpha value is -2.28. The van der Waals surface area contributed by atoms with E-state index in [1.165, 1.54) is 10.4 Å². The van der Waals surface area contributed by atoms with E-state index in [0.29, 0.717) is 13.3 Å². The average Bonchev–Trinajstić information content (AvgIpc) is 3.26. The van der Waals surface area contributed by atoms with E-state index < -0.39 is 0 Å². The highest BCUT2D eigenvalue weighted by molar-refractivity contribution is 7.11. The second kappa shape index (κ2) is 8.01. The number of benzene rings is 1. The maximum absolute atomic E-state index is 5.40. The van der Waals surface area contributed by atoms with Gasteiger partial charge in [0.25, 0.3) is 0 Å². The van der Waals surface area contributed by atoms with Crippen LogP contribution in [0.3, 0.4) is 0 Å². The summed E-state index contributed by atoms with van der Waals surface area (Å²) in [6.45, 7) is 3.93. The molecule has 0 unspecified atom stereocenters. The highest BCUT2D eigenvalue weighted by atomic mass is 32.1. The van der Waals surface area contributed by atoms with E-state index >= 15 is 0 Å². The normalized spacial score (nSPS) is 13.2. The Morgan fingerprint density at radius 1 is 1.29 bits per heavy atom. The van der Waals surface area contributed by atoms with E-state index in [1.807, 2.05) is 18.3 Å². The number of aliphatic imine (C=N–C) groups is 1. The maximum Gasteiger partial charge on any atom is 0.231 e. The number of aryl methyl sites for hydroxylation is 1. The molecule has 2 N–H and O–H groups in total. The minimum absolute atomic E-state index is 0.310. The third-order valence-electron chi connectivity index (χ3n) is 3.72. The summed E-state index contributed by atoms with van der Waals surface area (Å²) in [4.78, 5) is 9.95. The molecule has 0 spiro atoms. The minimum atomic E-state index is 0.310. The highest BCUT2D eigenvalue weighted by Crippen LogP contribution is 2.32. The van der Waals surface area contributed by atoms with Crippen LogP contribution in [0, 0.1) is 0 Å². The van der Waals surface area contributed by atoms with Gasteiger partial charge in [-0.25, -0.2) is 4.98 Å². The van der Waals surface area contributed by atoms with Crippen molar-refractivity contribution >= 4 is 17.3 Å². The first-order valence-corrected chi connectivity index (χ1v) is 8.86. The third kappa shape index (κ3) is 4.17. The van der Waals surface area contributed by atoms with E-state index in [1.54, 1.807) is 18.4 Å². The van der Waals surface area contributed by atoms with E-state index in [2.05, 4.69) is 33.6 Å². The molecular formula is C17H22N4O2S. The van der Waals surface area contributed by atoms with Gasteiger partial charge in [0.05, 0.1) is 6.54 Å². The molecule has 128 valence electrons. The van der Waals surface area contributed by atoms with Gasteiger partial charge in [0.15, 0.2) is 17.5 Å². The molecule has 1 aromatic heterocycles. The van der Waals surface area contributed by atoms with Crippen LogP contribution in [-0.4, -0.2) is 31.3 Å². The molecule has 0 radical (unpaired) electrons. The fourth-order valence-corrected chi connectivity index (χ4v) is 3.20. The Morgan fingerprint density at radius 2 is 2.17 bits per heavy atom. The number of nitrogens with one attached hydrogen (secondary N) is 2. The molecule has 1 aliphatic heterocycles. The van der Waals surface area contributed by atoms with Gasteiger partial charge in [-0.2, -0.15) is 0 Å². The highest BCUT2D eigenvalue weighted by Gasteiger charge is 2.13. The lowest BCUT2D eigenvalue weighted by Crippen LogP contribution is -2.37. The van der Waals surface area contributed by atoms with Crippen molar-refractivity contribution in [1.29, 1.82) is 0 Å². The quantitative estimate of drug-likeness (QED) is 0.621. The smallest absolute Gasteiger partial charge is 0.231 e. The molecule has 3 rings (SSSR count). The van der Waals surface area contributed by atoms with Gasteiger partial charge in [-0.15, -0.1) is 11.3 Å². The molecular weight excluding hydrogens is 324 g/mol. The zero-order chi connectivity index (χ0) is 16.8. The lowest BCUT2D eigenvalue weighted by Gasteiger charge is -2.11. The number of hydrogen-bond donors (Lipinski definition) is 2. The zero-order valence-corrected chi connectivity index (χ0v) is 14.8. The summed E-state index contributed by atoms with van der Waals surface area (Å²) in [6, 6.07) is 6.05. The first kappa shape index (κ1) is 16.6. The van der Waals surface area contributed by atoms with Crippen molar-refractivity contribution in [2.45, 2.75) is 26.3 Å².